The number of sulfonamides is 1. The molecule has 0 saturated heterocycles. The summed E-state index contributed by atoms with van der Waals surface area (Å²) < 4.78 is 21.0. The van der Waals surface area contributed by atoms with Crippen LogP contribution in [0, 0.1) is 0 Å². The van der Waals surface area contributed by atoms with Gasteiger partial charge in [0.15, 0.2) is 0 Å². The van der Waals surface area contributed by atoms with E-state index in [1.54, 1.807) is 0 Å². The summed E-state index contributed by atoms with van der Waals surface area (Å²) in [6.07, 6.45) is 1.16. The molecule has 0 bridgehead atoms. The Hall–Kier alpha value is -0.0900. The monoisotopic (exact) mass is 110 g/mol. The first-order chi connectivity index (χ1) is 2.56. The Balaban J connectivity index is 3.85. The number of rotatable bonds is 1. The third-order valence-corrected chi connectivity index (χ3v) is 1.28. The lowest BCUT2D eigenvalue weighted by molar-refractivity contribution is -0.460. The number of hydrogen-bond donors (Lipinski definition) is 1. The number of hydrogen-bond acceptors (Lipinski definition) is 2. The fourth-order valence-electron chi connectivity index (χ4n) is 0. The zero-order chi connectivity index (χ0) is 5.21. The second-order valence-corrected chi connectivity index (χ2v) is 3.20. The molecule has 0 unspecified atom stereocenters. The van der Waals surface area contributed by atoms with Gasteiger partial charge in [0.1, 0.15) is 0 Å². The summed E-state index contributed by atoms with van der Waals surface area (Å²) in [5.74, 6) is 0. The van der Waals surface area contributed by atoms with E-state index in [0.29, 0.717) is 0 Å². The first-order valence-corrected chi connectivity index (χ1v) is 3.51. The molecule has 0 aliphatic rings. The molecule has 0 aliphatic heterocycles. The van der Waals surface area contributed by atoms with Gasteiger partial charge < -0.3 is 0 Å². The van der Waals surface area contributed by atoms with Gasteiger partial charge in [0, 0.05) is 0 Å². The van der Waals surface area contributed by atoms with Crippen LogP contribution in [0.3, 0.4) is 0 Å². The fraction of sp³-hybridized carbons (Fsp3) is 1.00. The van der Waals surface area contributed by atoms with Gasteiger partial charge in [-0.25, -0.2) is 4.72 Å². The third-order valence-electron chi connectivity index (χ3n) is 0.428. The van der Waals surface area contributed by atoms with E-state index in [-0.39, 0.29) is 0 Å². The van der Waals surface area contributed by atoms with Crippen LogP contribution in [0.4, 0.5) is 0 Å². The van der Waals surface area contributed by atoms with Crippen molar-refractivity contribution in [2.45, 2.75) is 0 Å². The zero-order valence-corrected chi connectivity index (χ0v) is 4.62. The smallest absolute Gasteiger partial charge is 0.244 e. The minimum Gasteiger partial charge on any atom is -0.244 e. The highest BCUT2D eigenvalue weighted by molar-refractivity contribution is 7.83. The van der Waals surface area contributed by atoms with E-state index >= 15 is 0 Å². The highest BCUT2D eigenvalue weighted by atomic mass is 32.2. The number of quaternary nitrogens is 1. The largest absolute Gasteiger partial charge is 0.290 e. The van der Waals surface area contributed by atoms with Crippen molar-refractivity contribution in [2.75, 3.05) is 13.3 Å². The third kappa shape index (κ3) is 3.91. The molecule has 0 aliphatic carbocycles. The van der Waals surface area contributed by atoms with E-state index < -0.39 is 10.0 Å². The topological polar surface area (TPSA) is 50.8 Å². The maximum atomic E-state index is 9.94. The molecule has 0 heterocycles. The normalized spacial score (nSPS) is 11.7. The molecule has 38 valence electrons. The molecule has 0 spiro atoms. The highest BCUT2D eigenvalue weighted by Gasteiger charge is 1.93. The number of primary sulfonamides is 1. The summed E-state index contributed by atoms with van der Waals surface area (Å²) in [5.41, 5.74) is 0. The standard InChI is InChI=1S/C2H7NO2S/c1-3-6(2,4)5/h3H,1-2H3/p+1. The van der Waals surface area contributed by atoms with Crippen LogP contribution in [-0.4, -0.2) is 21.7 Å². The predicted octanol–water partition coefficient (Wildman–Crippen LogP) is -1.86. The van der Waals surface area contributed by atoms with Crippen molar-refractivity contribution in [1.29, 1.82) is 0 Å². The fourth-order valence-corrected chi connectivity index (χ4v) is 0. The number of nitrogens with two attached hydrogens (primary N) is 1. The second kappa shape index (κ2) is 1.57. The molecular formula is C2H8NO2S+. The predicted molar refractivity (Wildman–Crippen MR) is 22.7 cm³/mol. The van der Waals surface area contributed by atoms with E-state index in [0.717, 1.165) is 11.0 Å². The Bertz CT molecular complexity index is 114. The van der Waals surface area contributed by atoms with Gasteiger partial charge in [-0.05, 0) is 0 Å². The van der Waals surface area contributed by atoms with Crippen LogP contribution in [-0.2, 0) is 10.0 Å². The van der Waals surface area contributed by atoms with Crippen LogP contribution >= 0.6 is 0 Å². The van der Waals surface area contributed by atoms with Crippen molar-refractivity contribution in [3.63, 3.8) is 0 Å². The van der Waals surface area contributed by atoms with Crippen molar-refractivity contribution in [3.8, 4) is 0 Å². The van der Waals surface area contributed by atoms with Crippen molar-refractivity contribution < 1.29 is 13.1 Å². The van der Waals surface area contributed by atoms with Crippen molar-refractivity contribution in [1.82, 2.24) is 0 Å². The minimum atomic E-state index is -2.79. The molecule has 0 saturated carbocycles. The summed E-state index contributed by atoms with van der Waals surface area (Å²) in [6.45, 7) is 0. The van der Waals surface area contributed by atoms with Gasteiger partial charge in [0.2, 0.25) is 0 Å². The van der Waals surface area contributed by atoms with Crippen LogP contribution in [0.5, 0.6) is 0 Å². The van der Waals surface area contributed by atoms with Crippen LogP contribution in [0.15, 0.2) is 0 Å². The summed E-state index contributed by atoms with van der Waals surface area (Å²) >= 11 is 0. The Morgan fingerprint density at radius 3 is 1.67 bits per heavy atom. The first kappa shape index (κ1) is 5.91. The molecular weight excluding hydrogens is 102 g/mol. The molecule has 4 heteroatoms. The van der Waals surface area contributed by atoms with Gasteiger partial charge in [0.05, 0.1) is 13.3 Å². The molecule has 3 nitrogen and oxygen atoms in total. The van der Waals surface area contributed by atoms with Crippen molar-refractivity contribution >= 4 is 10.0 Å². The van der Waals surface area contributed by atoms with Gasteiger partial charge in [-0.1, -0.05) is 0 Å². The Kier molecular flexibility index (Phi) is 1.55. The molecule has 0 amide bonds. The van der Waals surface area contributed by atoms with Gasteiger partial charge in [-0.2, -0.15) is 8.42 Å². The van der Waals surface area contributed by atoms with E-state index in [1.807, 2.05) is 0 Å². The lowest BCUT2D eigenvalue weighted by atomic mass is 11.6. The molecule has 0 rings (SSSR count). The first-order valence-electron chi connectivity index (χ1n) is 1.55. The van der Waals surface area contributed by atoms with Gasteiger partial charge in [0.25, 0.3) is 10.0 Å². The lowest BCUT2D eigenvalue weighted by Gasteiger charge is -1.81. The molecule has 0 fully saturated rings. The average Bonchev–Trinajstić information content (AvgIpc) is 1.35. The van der Waals surface area contributed by atoms with Gasteiger partial charge in [-0.15, -0.1) is 0 Å². The van der Waals surface area contributed by atoms with E-state index in [4.69, 9.17) is 0 Å². The Labute approximate surface area is 37.4 Å². The Morgan fingerprint density at radius 1 is 1.50 bits per heavy atom. The maximum absolute atomic E-state index is 9.94. The quantitative estimate of drug-likeness (QED) is 0.430. The summed E-state index contributed by atoms with van der Waals surface area (Å²) in [7, 11) is -1.29. The lowest BCUT2D eigenvalue weighted by Crippen LogP contribution is -2.82. The van der Waals surface area contributed by atoms with Crippen molar-refractivity contribution in [3.05, 3.63) is 0 Å². The maximum Gasteiger partial charge on any atom is 0.290 e. The summed E-state index contributed by atoms with van der Waals surface area (Å²) in [6, 6.07) is 0. The van der Waals surface area contributed by atoms with Gasteiger partial charge >= 0.3 is 0 Å². The Morgan fingerprint density at radius 2 is 1.67 bits per heavy atom. The minimum absolute atomic E-state index is 1.16. The van der Waals surface area contributed by atoms with Crippen LogP contribution < -0.4 is 4.72 Å². The molecule has 6 heavy (non-hydrogen) atoms. The second-order valence-electron chi connectivity index (χ2n) is 1.07. The van der Waals surface area contributed by atoms with Crippen LogP contribution in [0.25, 0.3) is 0 Å². The highest BCUT2D eigenvalue weighted by Crippen LogP contribution is 1.49. The summed E-state index contributed by atoms with van der Waals surface area (Å²) in [4.78, 5) is 0. The van der Waals surface area contributed by atoms with E-state index in [9.17, 15) is 8.42 Å². The van der Waals surface area contributed by atoms with E-state index in [2.05, 4.69) is 0 Å². The van der Waals surface area contributed by atoms with E-state index in [1.165, 1.54) is 7.05 Å². The average molecular weight is 110 g/mol. The molecule has 2 N–H and O–H groups in total. The SMILES string of the molecule is C[NH2+]S(C)(=O)=O. The molecule has 0 aromatic heterocycles. The molecule has 0 atom stereocenters. The molecule has 0 aromatic rings. The van der Waals surface area contributed by atoms with Crippen molar-refractivity contribution in [2.24, 2.45) is 0 Å². The van der Waals surface area contributed by atoms with Crippen LogP contribution in [0.2, 0.25) is 0 Å². The van der Waals surface area contributed by atoms with Crippen LogP contribution in [0.1, 0.15) is 0 Å². The summed E-state index contributed by atoms with van der Waals surface area (Å²) in [5, 5.41) is 0. The van der Waals surface area contributed by atoms with Gasteiger partial charge in [-0.3, -0.25) is 0 Å². The molecule has 0 radical (unpaired) electrons. The molecule has 0 aromatic carbocycles. The zero-order valence-electron chi connectivity index (χ0n) is 3.80.